The smallest absolute Gasteiger partial charge is 0.185 e. The number of rotatable bonds is 5. The highest BCUT2D eigenvalue weighted by atomic mass is 16.1. The van der Waals surface area contributed by atoms with E-state index in [-0.39, 0.29) is 5.78 Å². The molecule has 0 aromatic heterocycles. The van der Waals surface area contributed by atoms with Crippen molar-refractivity contribution in [3.05, 3.63) is 47.8 Å². The highest BCUT2D eigenvalue weighted by molar-refractivity contribution is 6.02. The Kier molecular flexibility index (Phi) is 17.0. The van der Waals surface area contributed by atoms with Gasteiger partial charge < -0.3 is 4.90 Å². The Hall–Kier alpha value is -2.51. The quantitative estimate of drug-likeness (QED) is 0.247. The molecule has 2 N–H and O–H groups in total. The van der Waals surface area contributed by atoms with Crippen LogP contribution < -0.4 is 10.7 Å². The van der Waals surface area contributed by atoms with Crippen molar-refractivity contribution in [1.29, 1.82) is 0 Å². The van der Waals surface area contributed by atoms with Crippen molar-refractivity contribution in [3.63, 3.8) is 0 Å². The number of carbonyl (C=O) groups is 1. The summed E-state index contributed by atoms with van der Waals surface area (Å²) in [5.74, 6) is 6.13. The van der Waals surface area contributed by atoms with Crippen LogP contribution in [0.15, 0.2) is 42.2 Å². The fourth-order valence-corrected chi connectivity index (χ4v) is 3.00. The van der Waals surface area contributed by atoms with Gasteiger partial charge in [0.25, 0.3) is 0 Å². The van der Waals surface area contributed by atoms with Gasteiger partial charge in [0.15, 0.2) is 5.78 Å². The van der Waals surface area contributed by atoms with Crippen LogP contribution in [0.2, 0.25) is 0 Å². The van der Waals surface area contributed by atoms with Crippen LogP contribution in [0.4, 0.5) is 5.69 Å². The summed E-state index contributed by atoms with van der Waals surface area (Å²) in [5, 5.41) is 1.42. The predicted octanol–water partition coefficient (Wildman–Crippen LogP) is 6.64. The minimum Gasteiger partial charge on any atom is -0.372 e. The topological polar surface area (TPSA) is 49.6 Å². The van der Waals surface area contributed by atoms with E-state index in [2.05, 4.69) is 29.9 Å². The van der Waals surface area contributed by atoms with Crippen LogP contribution in [0.25, 0.3) is 6.08 Å². The fraction of sp³-hybridized carbons (Fsp3) is 0.519. The number of piperidine rings is 1. The molecular weight excluding hydrogens is 382 g/mol. The Labute approximate surface area is 192 Å². The van der Waals surface area contributed by atoms with E-state index >= 15 is 0 Å². The molecule has 174 valence electrons. The molecule has 1 fully saturated rings. The summed E-state index contributed by atoms with van der Waals surface area (Å²) < 4.78 is 0. The molecule has 0 atom stereocenters. The van der Waals surface area contributed by atoms with Crippen molar-refractivity contribution in [2.24, 2.45) is 11.3 Å². The largest absolute Gasteiger partial charge is 0.372 e. The predicted molar refractivity (Wildman–Crippen MR) is 138 cm³/mol. The first-order valence-electron chi connectivity index (χ1n) is 11.4. The Morgan fingerprint density at radius 1 is 1.06 bits per heavy atom. The van der Waals surface area contributed by atoms with Gasteiger partial charge in [0.1, 0.15) is 5.70 Å². The number of anilines is 1. The van der Waals surface area contributed by atoms with Crippen molar-refractivity contribution in [2.45, 2.75) is 74.7 Å². The van der Waals surface area contributed by atoms with Crippen molar-refractivity contribution >= 4 is 17.5 Å². The van der Waals surface area contributed by atoms with Gasteiger partial charge in [-0.15, -0.1) is 12.8 Å². The molecule has 1 aliphatic rings. The van der Waals surface area contributed by atoms with Crippen LogP contribution in [0, 0.1) is 18.3 Å². The van der Waals surface area contributed by atoms with E-state index in [4.69, 9.17) is 5.84 Å². The average Bonchev–Trinajstić information content (AvgIpc) is 2.81. The van der Waals surface area contributed by atoms with Crippen molar-refractivity contribution in [2.75, 3.05) is 18.0 Å². The molecule has 1 aromatic carbocycles. The molecule has 31 heavy (non-hydrogen) atoms. The number of carbonyl (C=O) groups excluding carboxylic acids is 1. The molecule has 4 heteroatoms. The Balaban J connectivity index is 0. The van der Waals surface area contributed by atoms with Crippen LogP contribution in [0.5, 0.6) is 0 Å². The average molecular weight is 428 g/mol. The summed E-state index contributed by atoms with van der Waals surface area (Å²) in [6.07, 6.45) is 17.2. The lowest BCUT2D eigenvalue weighted by atomic mass is 9.88. The van der Waals surface area contributed by atoms with E-state index < -0.39 is 5.41 Å². The van der Waals surface area contributed by atoms with Crippen molar-refractivity contribution < 1.29 is 4.79 Å². The molecule has 0 spiro atoms. The maximum Gasteiger partial charge on any atom is 0.185 e. The highest BCUT2D eigenvalue weighted by Gasteiger charge is 2.27. The Bertz CT molecular complexity index is 690. The van der Waals surface area contributed by atoms with E-state index in [1.807, 2.05) is 79.7 Å². The van der Waals surface area contributed by atoms with E-state index in [1.165, 1.54) is 30.0 Å². The number of benzene rings is 1. The first-order valence-corrected chi connectivity index (χ1v) is 11.4. The fourth-order valence-electron chi connectivity index (χ4n) is 3.00. The molecule has 2 rings (SSSR count). The van der Waals surface area contributed by atoms with Gasteiger partial charge in [0.05, 0.1) is 0 Å². The van der Waals surface area contributed by atoms with Gasteiger partial charge in [-0.3, -0.25) is 9.80 Å². The maximum atomic E-state index is 12.8. The van der Waals surface area contributed by atoms with Gasteiger partial charge in [-0.05, 0) is 50.0 Å². The number of nitrogens with two attached hydrogens (primary N) is 1. The summed E-state index contributed by atoms with van der Waals surface area (Å²) in [4.78, 5) is 15.3. The van der Waals surface area contributed by atoms with Gasteiger partial charge in [-0.2, -0.15) is 0 Å². The normalized spacial score (nSPS) is 13.6. The lowest BCUT2D eigenvalue weighted by Gasteiger charge is -2.29. The summed E-state index contributed by atoms with van der Waals surface area (Å²) in [6.45, 7) is 17.8. The van der Waals surface area contributed by atoms with Gasteiger partial charge in [0, 0.05) is 30.4 Å². The number of allylic oxidation sites excluding steroid dienone is 2. The number of hydrogen-bond acceptors (Lipinski definition) is 4. The molecule has 1 aliphatic heterocycles. The van der Waals surface area contributed by atoms with Gasteiger partial charge in [-0.1, -0.05) is 66.7 Å². The second kappa shape index (κ2) is 17.2. The molecule has 1 heterocycles. The van der Waals surface area contributed by atoms with Gasteiger partial charge in [-0.25, -0.2) is 5.84 Å². The summed E-state index contributed by atoms with van der Waals surface area (Å²) in [6, 6.07) is 8.35. The Morgan fingerprint density at radius 3 is 2.10 bits per heavy atom. The minimum absolute atomic E-state index is 0.0245. The monoisotopic (exact) mass is 427 g/mol. The number of hydrazine groups is 1. The van der Waals surface area contributed by atoms with Crippen molar-refractivity contribution in [1.82, 2.24) is 5.01 Å². The molecule has 0 amide bonds. The van der Waals surface area contributed by atoms with Crippen molar-refractivity contribution in [3.8, 4) is 12.8 Å². The molecule has 1 saturated heterocycles. The zero-order chi connectivity index (χ0) is 24.4. The van der Waals surface area contributed by atoms with E-state index in [0.717, 1.165) is 18.7 Å². The molecule has 0 radical (unpaired) electrons. The van der Waals surface area contributed by atoms with E-state index in [9.17, 15) is 4.79 Å². The first kappa shape index (κ1) is 30.7. The number of terminal acetylenes is 1. The number of ketones is 1. The maximum absolute atomic E-state index is 12.8. The first-order chi connectivity index (χ1) is 14.8. The number of Topliss-reactive ketones (excluding diaryl/α,β-unsaturated/α-hetero) is 1. The Morgan fingerprint density at radius 2 is 1.61 bits per heavy atom. The van der Waals surface area contributed by atoms with Gasteiger partial charge >= 0.3 is 0 Å². The van der Waals surface area contributed by atoms with E-state index in [1.54, 1.807) is 6.20 Å². The summed E-state index contributed by atoms with van der Waals surface area (Å²) in [5.41, 5.74) is 2.22. The SMILES string of the molecule is C#C.C/C=C\N(N)/C(=C\c1cccc(N2CCCCC2)c1)C(=O)C(C)(C)C.CC.CC. The third-order valence-electron chi connectivity index (χ3n) is 4.40. The molecule has 4 nitrogen and oxygen atoms in total. The molecule has 0 saturated carbocycles. The third-order valence-corrected chi connectivity index (χ3v) is 4.40. The van der Waals surface area contributed by atoms with Crippen LogP contribution in [0.1, 0.15) is 80.2 Å². The summed E-state index contributed by atoms with van der Waals surface area (Å²) >= 11 is 0. The molecule has 1 aromatic rings. The van der Waals surface area contributed by atoms with Crippen LogP contribution >= 0.6 is 0 Å². The lowest BCUT2D eigenvalue weighted by molar-refractivity contribution is -0.123. The zero-order valence-corrected chi connectivity index (χ0v) is 21.1. The highest BCUT2D eigenvalue weighted by Crippen LogP contribution is 2.25. The molecule has 0 aliphatic carbocycles. The molecular formula is C27H45N3O. The standard InChI is InChI=1S/C21H31N3O.2C2H6.C2H2/c1-5-12-24(22)19(20(25)21(2,3)4)16-17-10-9-11-18(15-17)23-13-7-6-8-14-23;3*1-2/h5,9-12,15-16H,6-8,13-14,22H2,1-4H3;2*1-2H3;1-2H/b12-5-,19-16-;;;. The van der Waals surface area contributed by atoms with Gasteiger partial charge in [0.2, 0.25) is 0 Å². The molecule has 0 unspecified atom stereocenters. The second-order valence-corrected chi connectivity index (χ2v) is 7.64. The van der Waals surface area contributed by atoms with Crippen LogP contribution in [0.3, 0.4) is 0 Å². The van der Waals surface area contributed by atoms with Crippen LogP contribution in [-0.2, 0) is 4.79 Å². The minimum atomic E-state index is -0.491. The summed E-state index contributed by atoms with van der Waals surface area (Å²) in [7, 11) is 0. The number of nitrogens with zero attached hydrogens (tertiary/aromatic N) is 2. The van der Waals surface area contributed by atoms with Crippen LogP contribution in [-0.4, -0.2) is 23.9 Å². The third kappa shape index (κ3) is 10.9. The zero-order valence-electron chi connectivity index (χ0n) is 21.1. The number of hydrogen-bond donors (Lipinski definition) is 1. The van der Waals surface area contributed by atoms with E-state index in [0.29, 0.717) is 5.70 Å². The molecule has 0 bridgehead atoms. The second-order valence-electron chi connectivity index (χ2n) is 7.64. The lowest BCUT2D eigenvalue weighted by Crippen LogP contribution is -2.34.